The molecule has 0 atom stereocenters. The van der Waals surface area contributed by atoms with Crippen molar-refractivity contribution < 1.29 is 4.39 Å². The van der Waals surface area contributed by atoms with E-state index in [0.29, 0.717) is 5.56 Å². The maximum atomic E-state index is 14.2. The van der Waals surface area contributed by atoms with E-state index in [1.165, 1.54) is 10.5 Å². The zero-order valence-corrected chi connectivity index (χ0v) is 15.8. The molecule has 0 aliphatic rings. The molecule has 0 saturated carbocycles. The molecule has 0 N–H and O–H groups in total. The third kappa shape index (κ3) is 3.53. The summed E-state index contributed by atoms with van der Waals surface area (Å²) in [6.45, 7) is 0. The van der Waals surface area contributed by atoms with E-state index in [4.69, 9.17) is 0 Å². The van der Waals surface area contributed by atoms with Crippen LogP contribution in [0.5, 0.6) is 0 Å². The van der Waals surface area contributed by atoms with Gasteiger partial charge in [0.25, 0.3) is 0 Å². The molecule has 2 aromatic carbocycles. The second-order valence-corrected chi connectivity index (χ2v) is 17.4. The molecule has 0 aliphatic heterocycles. The predicted molar refractivity (Wildman–Crippen MR) is 98.0 cm³/mol. The molecular weight excluding hydrogens is 346 g/mol. The van der Waals surface area contributed by atoms with E-state index in [9.17, 15) is 4.39 Å². The van der Waals surface area contributed by atoms with Crippen molar-refractivity contribution in [3.8, 4) is 22.4 Å². The Morgan fingerprint density at radius 3 is 2.17 bits per heavy atom. The van der Waals surface area contributed by atoms with Crippen molar-refractivity contribution in [1.82, 2.24) is 4.98 Å². The second kappa shape index (κ2) is 6.28. The number of nitrogens with zero attached hydrogens (tertiary/aromatic N) is 1. The number of rotatable bonds is 3. The van der Waals surface area contributed by atoms with Gasteiger partial charge in [0.15, 0.2) is 0 Å². The Hall–Kier alpha value is -1.94. The van der Waals surface area contributed by atoms with Crippen LogP contribution in [0.15, 0.2) is 66.9 Å². The van der Waals surface area contributed by atoms with Crippen LogP contribution in [-0.4, -0.2) is 18.3 Å². The van der Waals surface area contributed by atoms with Gasteiger partial charge in [-0.15, -0.1) is 0 Å². The van der Waals surface area contributed by atoms with E-state index in [1.807, 2.05) is 48.7 Å². The normalized spacial score (nSPS) is 11.5. The minimum absolute atomic E-state index is 0.207. The summed E-state index contributed by atoms with van der Waals surface area (Å²) in [7, 11) is 0. The summed E-state index contributed by atoms with van der Waals surface area (Å²) in [6, 6.07) is 19.0. The number of pyridine rings is 1. The predicted octanol–water partition coefficient (Wildman–Crippen LogP) is 5.10. The summed E-state index contributed by atoms with van der Waals surface area (Å²) >= 11 is -1.85. The van der Waals surface area contributed by atoms with Gasteiger partial charge in [-0.3, -0.25) is 0 Å². The van der Waals surface area contributed by atoms with Gasteiger partial charge in [-0.1, -0.05) is 0 Å². The van der Waals surface area contributed by atoms with Crippen LogP contribution in [0.1, 0.15) is 0 Å². The zero-order valence-electron chi connectivity index (χ0n) is 13.7. The van der Waals surface area contributed by atoms with Gasteiger partial charge in [0, 0.05) is 0 Å². The van der Waals surface area contributed by atoms with Crippen LogP contribution in [0.25, 0.3) is 22.4 Å². The molecule has 3 aromatic rings. The molecule has 0 spiro atoms. The Morgan fingerprint density at radius 1 is 0.826 bits per heavy atom. The number of halogens is 1. The molecule has 0 fully saturated rings. The summed E-state index contributed by atoms with van der Waals surface area (Å²) < 4.78 is 15.6. The fourth-order valence-corrected chi connectivity index (χ4v) is 4.70. The van der Waals surface area contributed by atoms with Crippen molar-refractivity contribution in [2.75, 3.05) is 0 Å². The van der Waals surface area contributed by atoms with Crippen molar-refractivity contribution in [2.45, 2.75) is 17.3 Å². The zero-order chi connectivity index (χ0) is 16.4. The maximum absolute atomic E-state index is 14.2. The average Bonchev–Trinajstić information content (AvgIpc) is 2.55. The fourth-order valence-electron chi connectivity index (χ4n) is 2.53. The molecule has 0 unspecified atom stereocenters. The van der Waals surface area contributed by atoms with Gasteiger partial charge in [-0.25, -0.2) is 0 Å². The Balaban J connectivity index is 2.01. The van der Waals surface area contributed by atoms with Crippen LogP contribution in [-0.2, 0) is 0 Å². The van der Waals surface area contributed by atoms with Crippen molar-refractivity contribution >= 4 is 17.7 Å². The summed E-state index contributed by atoms with van der Waals surface area (Å²) in [5.41, 5.74) is 3.33. The van der Waals surface area contributed by atoms with Gasteiger partial charge in [0.2, 0.25) is 0 Å². The first-order chi connectivity index (χ1) is 10.9. The van der Waals surface area contributed by atoms with E-state index in [-0.39, 0.29) is 5.82 Å². The molecule has 1 heterocycles. The average molecular weight is 366 g/mol. The van der Waals surface area contributed by atoms with Crippen molar-refractivity contribution in [3.05, 3.63) is 72.7 Å². The SMILES string of the molecule is [CH3][Ge]([CH3])([CH3])[c]1ccc(-c2ccc(F)c(-c3ccccc3)c2)nc1. The number of hydrogen-bond donors (Lipinski definition) is 0. The molecule has 0 aliphatic carbocycles. The molecule has 1 nitrogen and oxygen atoms in total. The summed E-state index contributed by atoms with van der Waals surface area (Å²) in [4.78, 5) is 4.60. The third-order valence-electron chi connectivity index (χ3n) is 3.98. The molecule has 0 saturated heterocycles. The van der Waals surface area contributed by atoms with Crippen LogP contribution in [0.3, 0.4) is 0 Å². The molecule has 3 rings (SSSR count). The molecule has 23 heavy (non-hydrogen) atoms. The molecule has 116 valence electrons. The van der Waals surface area contributed by atoms with Gasteiger partial charge in [-0.2, -0.15) is 0 Å². The summed E-state index contributed by atoms with van der Waals surface area (Å²) in [5.74, 6) is 6.84. The topological polar surface area (TPSA) is 12.9 Å². The Labute approximate surface area is 139 Å². The van der Waals surface area contributed by atoms with E-state index in [0.717, 1.165) is 16.8 Å². The number of hydrogen-bond acceptors (Lipinski definition) is 1. The first kappa shape index (κ1) is 15.9. The number of benzene rings is 2. The van der Waals surface area contributed by atoms with Gasteiger partial charge in [0.1, 0.15) is 0 Å². The van der Waals surface area contributed by atoms with Crippen LogP contribution in [0.2, 0.25) is 17.3 Å². The van der Waals surface area contributed by atoms with Crippen molar-refractivity contribution in [1.29, 1.82) is 0 Å². The van der Waals surface area contributed by atoms with Gasteiger partial charge < -0.3 is 0 Å². The number of aromatic nitrogens is 1. The second-order valence-electron chi connectivity index (χ2n) is 6.74. The quantitative estimate of drug-likeness (QED) is 0.588. The van der Waals surface area contributed by atoms with E-state index < -0.39 is 13.3 Å². The molecular formula is C20H20FGeN. The summed E-state index contributed by atoms with van der Waals surface area (Å²) in [5, 5.41) is 0. The third-order valence-corrected chi connectivity index (χ3v) is 8.23. The van der Waals surface area contributed by atoms with E-state index >= 15 is 0 Å². The molecule has 0 radical (unpaired) electrons. The van der Waals surface area contributed by atoms with Gasteiger partial charge in [0.05, 0.1) is 0 Å². The Morgan fingerprint density at radius 2 is 1.57 bits per heavy atom. The van der Waals surface area contributed by atoms with Gasteiger partial charge in [-0.05, 0) is 0 Å². The first-order valence-electron chi connectivity index (χ1n) is 7.77. The fraction of sp³-hybridized carbons (Fsp3) is 0.150. The van der Waals surface area contributed by atoms with Crippen molar-refractivity contribution in [2.24, 2.45) is 0 Å². The van der Waals surface area contributed by atoms with Crippen LogP contribution in [0, 0.1) is 5.82 Å². The molecule has 1 aromatic heterocycles. The van der Waals surface area contributed by atoms with Crippen LogP contribution >= 0.6 is 0 Å². The Kier molecular flexibility index (Phi) is 4.35. The van der Waals surface area contributed by atoms with Crippen LogP contribution in [0.4, 0.5) is 4.39 Å². The van der Waals surface area contributed by atoms with E-state index in [2.05, 4.69) is 28.3 Å². The molecule has 0 amide bonds. The first-order valence-corrected chi connectivity index (χ1v) is 15.1. The monoisotopic (exact) mass is 367 g/mol. The van der Waals surface area contributed by atoms with E-state index in [1.54, 1.807) is 6.07 Å². The Bertz CT molecular complexity index is 805. The minimum atomic E-state index is -1.85. The summed E-state index contributed by atoms with van der Waals surface area (Å²) in [6.07, 6.45) is 1.99. The van der Waals surface area contributed by atoms with Crippen LogP contribution < -0.4 is 4.40 Å². The molecule has 3 heteroatoms. The molecule has 0 bridgehead atoms. The van der Waals surface area contributed by atoms with Crippen molar-refractivity contribution in [3.63, 3.8) is 0 Å². The standard InChI is InChI=1S/C20H20FGeN/c1-22(2,3)17-10-12-20(23-14-17)16-9-11-19(21)18(13-16)15-7-5-4-6-8-15/h4-14H,1-3H3. The van der Waals surface area contributed by atoms with Gasteiger partial charge >= 0.3 is 139 Å².